The van der Waals surface area contributed by atoms with Crippen molar-refractivity contribution in [3.05, 3.63) is 0 Å². The zero-order valence-electron chi connectivity index (χ0n) is 16.7. The van der Waals surface area contributed by atoms with Crippen molar-refractivity contribution in [2.45, 2.75) is 63.4 Å². The average Bonchev–Trinajstić information content (AvgIpc) is 2.60. The zero-order chi connectivity index (χ0) is 23.3. The first-order chi connectivity index (χ1) is 13.2. The van der Waals surface area contributed by atoms with Gasteiger partial charge in [-0.25, -0.2) is 12.6 Å². The van der Waals surface area contributed by atoms with E-state index in [2.05, 4.69) is 13.5 Å². The van der Waals surface area contributed by atoms with Crippen LogP contribution in [0.3, 0.4) is 0 Å². The number of aliphatic hydroxyl groups is 5. The Morgan fingerprint density at radius 1 is 1.00 bits per heavy atom. The maximum Gasteiger partial charge on any atom is 1.00 e. The van der Waals surface area contributed by atoms with Gasteiger partial charge in [-0.05, 0) is 6.42 Å². The van der Waals surface area contributed by atoms with Gasteiger partial charge in [-0.2, -0.15) is 8.42 Å². The van der Waals surface area contributed by atoms with Crippen molar-refractivity contribution in [2.75, 3.05) is 13.2 Å². The monoisotopic (exact) mass is 493 g/mol. The number of primary amides is 1. The molecule has 0 aromatic rings. The van der Waals surface area contributed by atoms with Gasteiger partial charge >= 0.3 is 40.0 Å². The number of carbonyl (C=O) groups is 1. The van der Waals surface area contributed by atoms with Crippen molar-refractivity contribution in [1.29, 1.82) is 0 Å². The predicted molar refractivity (Wildman–Crippen MR) is 94.7 cm³/mol. The standard InChI is InChI=1S/C7H16O7S2.C6H13NO6.Na/c1-2-3-4-5-6-7-13-16(11,12)14-15(8,9)10;7-6(13)5(12)4(11)3(10)2(9)1-8;/h2-7H2,1H3,(H,8,9,10);2-5,8-12H,1H2,(H2,7,13);/q;;+1/p-1/t;2-,3-,4+,5-;/m.1./s1. The average molecular weight is 493 g/mol. The van der Waals surface area contributed by atoms with Gasteiger partial charge in [0.2, 0.25) is 16.3 Å². The Hall–Kier alpha value is 0.0500. The second-order valence-electron chi connectivity index (χ2n) is 5.70. The summed E-state index contributed by atoms with van der Waals surface area (Å²) in [6, 6.07) is 0. The van der Waals surface area contributed by atoms with E-state index in [4.69, 9.17) is 25.5 Å². The number of amides is 1. The van der Waals surface area contributed by atoms with Gasteiger partial charge in [0, 0.05) is 0 Å². The third kappa shape index (κ3) is 18.8. The Labute approximate surface area is 197 Å². The van der Waals surface area contributed by atoms with E-state index < -0.39 is 57.7 Å². The molecule has 0 aromatic carbocycles. The quantitative estimate of drug-likeness (QED) is 0.0570. The van der Waals surface area contributed by atoms with Crippen molar-refractivity contribution in [1.82, 2.24) is 0 Å². The number of rotatable bonds is 14. The van der Waals surface area contributed by atoms with Crippen LogP contribution >= 0.6 is 0 Å². The summed E-state index contributed by atoms with van der Waals surface area (Å²) in [5.74, 6) is -1.23. The number of nitrogens with two attached hydrogens (primary N) is 1. The summed E-state index contributed by atoms with van der Waals surface area (Å²) in [5, 5.41) is 44.0. The van der Waals surface area contributed by atoms with Gasteiger partial charge < -0.3 is 35.8 Å². The molecule has 0 aliphatic rings. The predicted octanol–water partition coefficient (Wildman–Crippen LogP) is -6.39. The Morgan fingerprint density at radius 2 is 1.50 bits per heavy atom. The summed E-state index contributed by atoms with van der Waals surface area (Å²) in [6.45, 7) is 1.04. The molecule has 0 bridgehead atoms. The number of carbonyl (C=O) groups excluding carboxylic acids is 1. The zero-order valence-corrected chi connectivity index (χ0v) is 20.3. The van der Waals surface area contributed by atoms with Crippen LogP contribution in [0.2, 0.25) is 0 Å². The van der Waals surface area contributed by atoms with E-state index in [0.29, 0.717) is 6.42 Å². The van der Waals surface area contributed by atoms with Crippen LogP contribution in [-0.4, -0.2) is 90.5 Å². The number of hydrogen-bond acceptors (Lipinski definition) is 13. The molecule has 4 atom stereocenters. The minimum Gasteiger partial charge on any atom is -0.725 e. The molecule has 176 valence electrons. The number of unbranched alkanes of at least 4 members (excludes halogenated alkanes) is 4. The van der Waals surface area contributed by atoms with Crippen LogP contribution in [0.1, 0.15) is 39.0 Å². The van der Waals surface area contributed by atoms with Crippen LogP contribution in [0.5, 0.6) is 0 Å². The number of hydrogen-bond donors (Lipinski definition) is 6. The minimum absolute atomic E-state index is 0. The molecule has 17 heteroatoms. The normalized spacial score (nSPS) is 15.7. The SMILES string of the molecule is CCCCCCCOS(=O)(=O)OS(=O)(=O)[O-].NC(=O)[C@H](O)[C@@H](O)[C@H](O)[C@H](O)CO.[Na+]. The van der Waals surface area contributed by atoms with Gasteiger partial charge in [0.15, 0.2) is 6.10 Å². The summed E-state index contributed by atoms with van der Waals surface area (Å²) in [6.07, 6.45) is -3.09. The van der Waals surface area contributed by atoms with Crippen LogP contribution in [0.25, 0.3) is 0 Å². The van der Waals surface area contributed by atoms with E-state index in [1.807, 2.05) is 6.92 Å². The Bertz CT molecular complexity index is 658. The Morgan fingerprint density at radius 3 is 1.90 bits per heavy atom. The van der Waals surface area contributed by atoms with E-state index in [0.717, 1.165) is 25.7 Å². The van der Waals surface area contributed by atoms with E-state index >= 15 is 0 Å². The molecule has 0 aliphatic heterocycles. The van der Waals surface area contributed by atoms with E-state index in [1.165, 1.54) is 0 Å². The first-order valence-electron chi connectivity index (χ1n) is 8.37. The largest absolute Gasteiger partial charge is 1.00 e. The second kappa shape index (κ2) is 17.6. The summed E-state index contributed by atoms with van der Waals surface area (Å²) in [4.78, 5) is 10.3. The molecule has 0 radical (unpaired) electrons. The Balaban J connectivity index is -0.000000480. The third-order valence-electron chi connectivity index (χ3n) is 3.19. The molecule has 0 unspecified atom stereocenters. The van der Waals surface area contributed by atoms with Crippen LogP contribution in [-0.2, 0) is 33.4 Å². The molecule has 0 spiro atoms. The molecule has 14 nitrogen and oxygen atoms in total. The van der Waals surface area contributed by atoms with Gasteiger partial charge in [-0.15, -0.1) is 3.63 Å². The second-order valence-corrected chi connectivity index (χ2v) is 8.11. The molecule has 0 rings (SSSR count). The summed E-state index contributed by atoms with van der Waals surface area (Å²) in [5.41, 5.74) is 4.61. The Kier molecular flexibility index (Phi) is 20.3. The van der Waals surface area contributed by atoms with Gasteiger partial charge in [-0.1, -0.05) is 32.6 Å². The van der Waals surface area contributed by atoms with Crippen LogP contribution < -0.4 is 35.3 Å². The molecule has 1 amide bonds. The van der Waals surface area contributed by atoms with Gasteiger partial charge in [0.05, 0.1) is 13.2 Å². The molecule has 0 aromatic heterocycles. The van der Waals surface area contributed by atoms with Crippen LogP contribution in [0.4, 0.5) is 0 Å². The minimum atomic E-state index is -5.30. The molecular weight excluding hydrogens is 465 g/mol. The van der Waals surface area contributed by atoms with Gasteiger partial charge in [0.1, 0.15) is 18.3 Å². The van der Waals surface area contributed by atoms with Crippen LogP contribution in [0, 0.1) is 0 Å². The smallest absolute Gasteiger partial charge is 0.725 e. The molecule has 7 N–H and O–H groups in total. The first kappa shape index (κ1) is 34.7. The maximum atomic E-state index is 10.7. The fraction of sp³-hybridized carbons (Fsp3) is 0.923. The van der Waals surface area contributed by atoms with Crippen molar-refractivity contribution in [3.8, 4) is 0 Å². The summed E-state index contributed by atoms with van der Waals surface area (Å²) < 4.78 is 58.8. The van der Waals surface area contributed by atoms with E-state index in [1.54, 1.807) is 0 Å². The van der Waals surface area contributed by atoms with Gasteiger partial charge in [0.25, 0.3) is 0 Å². The summed E-state index contributed by atoms with van der Waals surface area (Å²) in [7, 11) is -10.0. The molecule has 0 heterocycles. The number of aliphatic hydroxyl groups excluding tert-OH is 5. The van der Waals surface area contributed by atoms with Crippen molar-refractivity contribution in [2.24, 2.45) is 5.73 Å². The fourth-order valence-corrected chi connectivity index (χ4v) is 2.97. The molecule has 0 aliphatic carbocycles. The molecule has 30 heavy (non-hydrogen) atoms. The van der Waals surface area contributed by atoms with Crippen molar-refractivity contribution in [3.63, 3.8) is 0 Å². The first-order valence-corrected chi connectivity index (χ1v) is 11.0. The molecular formula is C13H28NNaO13S2. The van der Waals surface area contributed by atoms with Gasteiger partial charge in [-0.3, -0.25) is 4.79 Å². The maximum absolute atomic E-state index is 10.7. The fourth-order valence-electron chi connectivity index (χ4n) is 1.68. The van der Waals surface area contributed by atoms with Crippen molar-refractivity contribution < 1.29 is 89.1 Å². The molecule has 0 saturated carbocycles. The van der Waals surface area contributed by atoms with Crippen molar-refractivity contribution >= 4 is 26.7 Å². The summed E-state index contributed by atoms with van der Waals surface area (Å²) >= 11 is 0. The van der Waals surface area contributed by atoms with E-state index in [9.17, 15) is 26.2 Å². The topological polar surface area (TPSA) is 254 Å². The van der Waals surface area contributed by atoms with E-state index in [-0.39, 0.29) is 36.2 Å². The third-order valence-corrected chi connectivity index (χ3v) is 4.98. The molecule has 0 saturated heterocycles. The van der Waals surface area contributed by atoms with Crippen LogP contribution in [0.15, 0.2) is 0 Å². The molecule has 0 fully saturated rings.